The fraction of sp³-hybridized carbons (Fsp3) is 0.235. The second-order valence-corrected chi connectivity index (χ2v) is 6.09. The van der Waals surface area contributed by atoms with Crippen LogP contribution in [-0.2, 0) is 13.0 Å². The van der Waals surface area contributed by atoms with Crippen LogP contribution in [0, 0.1) is 5.82 Å². The van der Waals surface area contributed by atoms with Gasteiger partial charge >= 0.3 is 0 Å². The number of carbonyl (C=O) groups excluding carboxylic acids is 1. The highest BCUT2D eigenvalue weighted by Crippen LogP contribution is 2.32. The molecule has 2 nitrogen and oxygen atoms in total. The predicted octanol–water partition coefficient (Wildman–Crippen LogP) is 4.35. The number of carbonyl (C=O) groups is 1. The van der Waals surface area contributed by atoms with Gasteiger partial charge in [-0.2, -0.15) is 0 Å². The first-order valence-electron chi connectivity index (χ1n) is 6.88. The topological polar surface area (TPSA) is 20.3 Å². The number of Topliss-reactive ketones (excluding diaryl/α,β-unsaturated/α-hetero) is 1. The number of fused-ring (bicyclic) bond motifs is 1. The van der Waals surface area contributed by atoms with Crippen LogP contribution in [0.3, 0.4) is 0 Å². The Morgan fingerprint density at radius 1 is 1.24 bits per heavy atom. The largest absolute Gasteiger partial charge is 0.366 e. The number of benzene rings is 2. The lowest BCUT2D eigenvalue weighted by Crippen LogP contribution is -2.32. The average molecular weight is 348 g/mol. The van der Waals surface area contributed by atoms with Crippen LogP contribution in [0.1, 0.15) is 28.4 Å². The summed E-state index contributed by atoms with van der Waals surface area (Å²) in [5.74, 6) is -0.682. The van der Waals surface area contributed by atoms with E-state index in [0.29, 0.717) is 12.2 Å². The van der Waals surface area contributed by atoms with Gasteiger partial charge in [0.05, 0.1) is 11.3 Å². The zero-order valence-corrected chi connectivity index (χ0v) is 13.3. The summed E-state index contributed by atoms with van der Waals surface area (Å²) in [6.07, 6.45) is 0.891. The molecule has 0 saturated carbocycles. The molecule has 2 aromatic rings. The maximum atomic E-state index is 14.0. The van der Waals surface area contributed by atoms with E-state index in [2.05, 4.69) is 26.9 Å². The summed E-state index contributed by atoms with van der Waals surface area (Å²) in [7, 11) is 0. The van der Waals surface area contributed by atoms with Gasteiger partial charge in [0, 0.05) is 17.6 Å². The van der Waals surface area contributed by atoms with Crippen LogP contribution in [0.2, 0.25) is 0 Å². The van der Waals surface area contributed by atoms with Gasteiger partial charge in [0.2, 0.25) is 0 Å². The fourth-order valence-corrected chi connectivity index (χ4v) is 3.40. The third-order valence-corrected chi connectivity index (χ3v) is 4.64. The molecule has 108 valence electrons. The Morgan fingerprint density at radius 2 is 2.00 bits per heavy atom. The van der Waals surface area contributed by atoms with Gasteiger partial charge in [-0.05, 0) is 42.7 Å². The van der Waals surface area contributed by atoms with E-state index < -0.39 is 5.82 Å². The highest BCUT2D eigenvalue weighted by atomic mass is 79.9. The van der Waals surface area contributed by atoms with Gasteiger partial charge in [0.25, 0.3) is 0 Å². The molecule has 3 rings (SSSR count). The molecule has 0 spiro atoms. The summed E-state index contributed by atoms with van der Waals surface area (Å²) in [4.78, 5) is 13.8. The Bertz CT molecular complexity index is 714. The van der Waals surface area contributed by atoms with Crippen molar-refractivity contribution in [3.63, 3.8) is 0 Å². The van der Waals surface area contributed by atoms with Crippen molar-refractivity contribution in [1.82, 2.24) is 0 Å². The summed E-state index contributed by atoms with van der Waals surface area (Å²) >= 11 is 3.58. The lowest BCUT2D eigenvalue weighted by molar-refractivity contribution is 0.101. The Morgan fingerprint density at radius 3 is 2.76 bits per heavy atom. The number of anilines is 1. The van der Waals surface area contributed by atoms with Gasteiger partial charge in [-0.15, -0.1) is 0 Å². The molecule has 0 aliphatic carbocycles. The molecule has 21 heavy (non-hydrogen) atoms. The van der Waals surface area contributed by atoms with Crippen LogP contribution in [-0.4, -0.2) is 12.3 Å². The van der Waals surface area contributed by atoms with Crippen molar-refractivity contribution in [2.45, 2.75) is 19.9 Å². The lowest BCUT2D eigenvalue weighted by atomic mass is 9.98. The minimum absolute atomic E-state index is 0.188. The summed E-state index contributed by atoms with van der Waals surface area (Å²) in [6, 6.07) is 11.0. The van der Waals surface area contributed by atoms with E-state index in [0.717, 1.165) is 17.4 Å². The summed E-state index contributed by atoms with van der Waals surface area (Å²) in [5, 5.41) is 0. The molecule has 4 heteroatoms. The van der Waals surface area contributed by atoms with Crippen molar-refractivity contribution < 1.29 is 9.18 Å². The van der Waals surface area contributed by atoms with Crippen LogP contribution in [0.4, 0.5) is 10.1 Å². The Labute approximate surface area is 131 Å². The molecule has 1 aliphatic rings. The first kappa shape index (κ1) is 14.3. The molecule has 0 N–H and O–H groups in total. The molecule has 0 radical (unpaired) electrons. The van der Waals surface area contributed by atoms with E-state index >= 15 is 0 Å². The molecular formula is C17H15BrFNO. The molecule has 0 bridgehead atoms. The molecule has 0 fully saturated rings. The van der Waals surface area contributed by atoms with Gasteiger partial charge in [-0.25, -0.2) is 4.39 Å². The number of halogens is 2. The first-order valence-corrected chi connectivity index (χ1v) is 7.68. The molecule has 2 aromatic carbocycles. The normalized spacial score (nSPS) is 14.0. The molecule has 0 aromatic heterocycles. The minimum atomic E-state index is -0.446. The monoisotopic (exact) mass is 347 g/mol. The third kappa shape index (κ3) is 2.60. The molecule has 1 heterocycles. The van der Waals surface area contributed by atoms with Crippen molar-refractivity contribution in [2.24, 2.45) is 0 Å². The number of hydrogen-bond acceptors (Lipinski definition) is 2. The van der Waals surface area contributed by atoms with E-state index in [1.165, 1.54) is 24.1 Å². The average Bonchev–Trinajstić information content (AvgIpc) is 2.46. The summed E-state index contributed by atoms with van der Waals surface area (Å²) in [5.41, 5.74) is 3.39. The van der Waals surface area contributed by atoms with Gasteiger partial charge in [0.15, 0.2) is 5.78 Å². The van der Waals surface area contributed by atoms with Crippen LogP contribution >= 0.6 is 15.9 Å². The molecule has 0 atom stereocenters. The van der Waals surface area contributed by atoms with Crippen LogP contribution in [0.25, 0.3) is 0 Å². The zero-order chi connectivity index (χ0) is 15.0. The van der Waals surface area contributed by atoms with Crippen molar-refractivity contribution in [3.8, 4) is 0 Å². The fourth-order valence-electron chi connectivity index (χ4n) is 2.87. The van der Waals surface area contributed by atoms with Gasteiger partial charge in [-0.1, -0.05) is 34.1 Å². The van der Waals surface area contributed by atoms with E-state index in [-0.39, 0.29) is 11.3 Å². The van der Waals surface area contributed by atoms with E-state index in [1.807, 2.05) is 18.2 Å². The molecule has 0 unspecified atom stereocenters. The Hall–Kier alpha value is -1.68. The van der Waals surface area contributed by atoms with Crippen molar-refractivity contribution in [3.05, 3.63) is 63.4 Å². The second kappa shape index (κ2) is 5.60. The number of nitrogens with zero attached hydrogens (tertiary/aromatic N) is 1. The van der Waals surface area contributed by atoms with Crippen LogP contribution < -0.4 is 4.90 Å². The van der Waals surface area contributed by atoms with Crippen LogP contribution in [0.5, 0.6) is 0 Å². The minimum Gasteiger partial charge on any atom is -0.366 e. The molecule has 1 aliphatic heterocycles. The van der Waals surface area contributed by atoms with E-state index in [4.69, 9.17) is 0 Å². The quantitative estimate of drug-likeness (QED) is 0.752. The third-order valence-electron chi connectivity index (χ3n) is 3.90. The number of rotatable bonds is 2. The number of hydrogen-bond donors (Lipinski definition) is 0. The maximum Gasteiger partial charge on any atom is 0.164 e. The van der Waals surface area contributed by atoms with Crippen LogP contribution in [0.15, 0.2) is 40.9 Å². The zero-order valence-electron chi connectivity index (χ0n) is 11.7. The molecule has 0 amide bonds. The lowest BCUT2D eigenvalue weighted by Gasteiger charge is -2.32. The predicted molar refractivity (Wildman–Crippen MR) is 85.3 cm³/mol. The van der Waals surface area contributed by atoms with Crippen molar-refractivity contribution in [1.29, 1.82) is 0 Å². The van der Waals surface area contributed by atoms with Crippen molar-refractivity contribution in [2.75, 3.05) is 11.4 Å². The standard InChI is InChI=1S/C17H15BrFNO/c1-11(21)17-15(19)6-3-7-16(17)20-9-8-12-4-2-5-14(18)13(12)10-20/h2-7H,8-10H2,1H3. The maximum absolute atomic E-state index is 14.0. The molecular weight excluding hydrogens is 333 g/mol. The molecule has 0 saturated heterocycles. The highest BCUT2D eigenvalue weighted by Gasteiger charge is 2.23. The van der Waals surface area contributed by atoms with Gasteiger partial charge in [-0.3, -0.25) is 4.79 Å². The highest BCUT2D eigenvalue weighted by molar-refractivity contribution is 9.10. The van der Waals surface area contributed by atoms with Gasteiger partial charge in [0.1, 0.15) is 5.82 Å². The van der Waals surface area contributed by atoms with E-state index in [1.54, 1.807) is 6.07 Å². The Kier molecular flexibility index (Phi) is 3.81. The second-order valence-electron chi connectivity index (χ2n) is 5.24. The SMILES string of the molecule is CC(=O)c1c(F)cccc1N1CCc2cccc(Br)c2C1. The Balaban J connectivity index is 2.03. The first-order chi connectivity index (χ1) is 10.1. The number of ketones is 1. The smallest absolute Gasteiger partial charge is 0.164 e. The summed E-state index contributed by atoms with van der Waals surface area (Å²) < 4.78 is 15.0. The van der Waals surface area contributed by atoms with E-state index in [9.17, 15) is 9.18 Å². The van der Waals surface area contributed by atoms with Crippen molar-refractivity contribution >= 4 is 27.4 Å². The summed E-state index contributed by atoms with van der Waals surface area (Å²) in [6.45, 7) is 2.88. The van der Waals surface area contributed by atoms with Gasteiger partial charge < -0.3 is 4.90 Å².